The summed E-state index contributed by atoms with van der Waals surface area (Å²) in [5.74, 6) is 0. The van der Waals surface area contributed by atoms with Gasteiger partial charge in [0.15, 0.2) is 0 Å². The smallest absolute Gasteiger partial charge is 0.0744 e. The molecule has 0 fully saturated rings. The minimum absolute atomic E-state index is 0.581. The third kappa shape index (κ3) is 2.96. The molecule has 0 atom stereocenters. The molecule has 0 saturated carbocycles. The molecule has 3 rings (SSSR count). The highest BCUT2D eigenvalue weighted by Crippen LogP contribution is 2.26. The van der Waals surface area contributed by atoms with E-state index in [0.717, 1.165) is 22.3 Å². The molecule has 0 amide bonds. The number of ether oxygens (including phenoxy) is 1. The first-order chi connectivity index (χ1) is 10.3. The number of methoxy groups -OCH3 is 1. The third-order valence-electron chi connectivity index (χ3n) is 3.56. The third-order valence-corrected chi connectivity index (χ3v) is 4.31. The zero-order valence-electron chi connectivity index (χ0n) is 11.8. The van der Waals surface area contributed by atoms with E-state index in [-0.39, 0.29) is 0 Å². The molecule has 3 nitrogen and oxygen atoms in total. The molecule has 0 bridgehead atoms. The summed E-state index contributed by atoms with van der Waals surface area (Å²) in [4.78, 5) is 3.24. The second-order valence-electron chi connectivity index (χ2n) is 4.91. The maximum atomic E-state index is 5.28. The van der Waals surface area contributed by atoms with E-state index in [1.807, 2.05) is 18.3 Å². The second-order valence-corrected chi connectivity index (χ2v) is 5.76. The van der Waals surface area contributed by atoms with Crippen molar-refractivity contribution in [3.63, 3.8) is 0 Å². The fraction of sp³-hybridized carbons (Fsp3) is 0.176. The maximum Gasteiger partial charge on any atom is 0.0744 e. The Hall–Kier alpha value is -1.78. The molecule has 0 unspecified atom stereocenters. The lowest BCUT2D eigenvalue weighted by atomic mass is 10.1. The summed E-state index contributed by atoms with van der Waals surface area (Å²) >= 11 is 3.58. The van der Waals surface area contributed by atoms with Crippen molar-refractivity contribution in [2.45, 2.75) is 13.2 Å². The van der Waals surface area contributed by atoms with Gasteiger partial charge in [-0.1, -0.05) is 34.1 Å². The van der Waals surface area contributed by atoms with Crippen molar-refractivity contribution in [3.05, 3.63) is 64.3 Å². The van der Waals surface area contributed by atoms with Gasteiger partial charge in [-0.25, -0.2) is 0 Å². The number of aromatic amines is 1. The molecule has 3 aromatic rings. The summed E-state index contributed by atoms with van der Waals surface area (Å²) < 4.78 is 6.35. The Morgan fingerprint density at radius 1 is 1.14 bits per heavy atom. The highest BCUT2D eigenvalue weighted by Gasteiger charge is 2.07. The van der Waals surface area contributed by atoms with Crippen LogP contribution in [0, 0.1) is 0 Å². The zero-order valence-corrected chi connectivity index (χ0v) is 13.4. The Morgan fingerprint density at radius 2 is 2.00 bits per heavy atom. The SMILES string of the molecule is COCc1c(Br)cccc1NCc1cccc2[nH]ccc12. The number of anilines is 1. The van der Waals surface area contributed by atoms with Crippen molar-refractivity contribution in [2.24, 2.45) is 0 Å². The van der Waals surface area contributed by atoms with Crippen LogP contribution >= 0.6 is 15.9 Å². The fourth-order valence-electron chi connectivity index (χ4n) is 2.51. The van der Waals surface area contributed by atoms with Crippen LogP contribution < -0.4 is 5.32 Å². The van der Waals surface area contributed by atoms with Gasteiger partial charge >= 0.3 is 0 Å². The highest BCUT2D eigenvalue weighted by atomic mass is 79.9. The molecule has 0 aliphatic rings. The maximum absolute atomic E-state index is 5.28. The normalized spacial score (nSPS) is 11.0. The minimum Gasteiger partial charge on any atom is -0.381 e. The molecular formula is C17H17BrN2O. The van der Waals surface area contributed by atoms with E-state index in [2.05, 4.69) is 56.6 Å². The highest BCUT2D eigenvalue weighted by molar-refractivity contribution is 9.10. The van der Waals surface area contributed by atoms with Gasteiger partial charge in [0, 0.05) is 46.5 Å². The van der Waals surface area contributed by atoms with Crippen LogP contribution in [-0.4, -0.2) is 12.1 Å². The van der Waals surface area contributed by atoms with Gasteiger partial charge < -0.3 is 15.0 Å². The molecule has 0 saturated heterocycles. The predicted octanol–water partition coefficient (Wildman–Crippen LogP) is 4.69. The molecule has 4 heteroatoms. The lowest BCUT2D eigenvalue weighted by Gasteiger charge is -2.14. The Bertz CT molecular complexity index is 751. The number of nitrogens with one attached hydrogen (secondary N) is 2. The molecule has 1 aromatic heterocycles. The Morgan fingerprint density at radius 3 is 2.86 bits per heavy atom. The summed E-state index contributed by atoms with van der Waals surface area (Å²) in [6.45, 7) is 1.36. The van der Waals surface area contributed by atoms with Crippen molar-refractivity contribution in [3.8, 4) is 0 Å². The zero-order chi connectivity index (χ0) is 14.7. The number of rotatable bonds is 5. The summed E-state index contributed by atoms with van der Waals surface area (Å²) in [5, 5.41) is 4.77. The van der Waals surface area contributed by atoms with Crippen molar-refractivity contribution in [1.29, 1.82) is 0 Å². The van der Waals surface area contributed by atoms with Gasteiger partial charge in [0.1, 0.15) is 0 Å². The van der Waals surface area contributed by atoms with Crippen LogP contribution in [0.1, 0.15) is 11.1 Å². The van der Waals surface area contributed by atoms with Crippen molar-refractivity contribution in [2.75, 3.05) is 12.4 Å². The molecule has 1 heterocycles. The number of halogens is 1. The molecule has 108 valence electrons. The van der Waals surface area contributed by atoms with Crippen LogP contribution in [0.5, 0.6) is 0 Å². The summed E-state index contributed by atoms with van der Waals surface area (Å²) in [7, 11) is 1.71. The van der Waals surface area contributed by atoms with E-state index in [1.54, 1.807) is 7.11 Å². The van der Waals surface area contributed by atoms with Gasteiger partial charge in [-0.3, -0.25) is 0 Å². The van der Waals surface area contributed by atoms with E-state index in [4.69, 9.17) is 4.74 Å². The molecule has 0 aliphatic heterocycles. The van der Waals surface area contributed by atoms with Crippen LogP contribution in [0.15, 0.2) is 53.1 Å². The van der Waals surface area contributed by atoms with Crippen LogP contribution in [-0.2, 0) is 17.9 Å². The second kappa shape index (κ2) is 6.33. The average Bonchev–Trinajstić information content (AvgIpc) is 2.97. The fourth-order valence-corrected chi connectivity index (χ4v) is 2.99. The van der Waals surface area contributed by atoms with E-state index >= 15 is 0 Å². The number of hydrogen-bond acceptors (Lipinski definition) is 2. The molecule has 0 spiro atoms. The standard InChI is InChI=1S/C17H17BrN2O/c1-21-11-14-15(18)5-3-7-17(14)20-10-12-4-2-6-16-13(12)8-9-19-16/h2-9,19-20H,10-11H2,1H3. The topological polar surface area (TPSA) is 37.0 Å². The van der Waals surface area contributed by atoms with Gasteiger partial charge in [0.05, 0.1) is 6.61 Å². The van der Waals surface area contributed by atoms with Crippen molar-refractivity contribution < 1.29 is 4.74 Å². The Kier molecular flexibility index (Phi) is 4.27. The molecule has 0 radical (unpaired) electrons. The lowest BCUT2D eigenvalue weighted by Crippen LogP contribution is -2.04. The van der Waals surface area contributed by atoms with Crippen LogP contribution in [0.25, 0.3) is 10.9 Å². The molecule has 0 aliphatic carbocycles. The van der Waals surface area contributed by atoms with Gasteiger partial charge in [0.2, 0.25) is 0 Å². The Labute approximate surface area is 132 Å². The molecule has 21 heavy (non-hydrogen) atoms. The van der Waals surface area contributed by atoms with Crippen LogP contribution in [0.4, 0.5) is 5.69 Å². The summed E-state index contributed by atoms with van der Waals surface area (Å²) in [6.07, 6.45) is 1.98. The number of hydrogen-bond donors (Lipinski definition) is 2. The van der Waals surface area contributed by atoms with Crippen LogP contribution in [0.3, 0.4) is 0 Å². The van der Waals surface area contributed by atoms with Gasteiger partial charge in [-0.15, -0.1) is 0 Å². The van der Waals surface area contributed by atoms with Gasteiger partial charge in [-0.05, 0) is 29.8 Å². The quantitative estimate of drug-likeness (QED) is 0.704. The van der Waals surface area contributed by atoms with Gasteiger partial charge in [0.25, 0.3) is 0 Å². The van der Waals surface area contributed by atoms with E-state index in [0.29, 0.717) is 6.61 Å². The first-order valence-corrected chi connectivity index (χ1v) is 7.64. The molecule has 2 N–H and O–H groups in total. The Balaban J connectivity index is 1.85. The number of aromatic nitrogens is 1. The molecular weight excluding hydrogens is 328 g/mol. The first kappa shape index (κ1) is 14.2. The largest absolute Gasteiger partial charge is 0.381 e. The van der Waals surface area contributed by atoms with Crippen LogP contribution in [0.2, 0.25) is 0 Å². The van der Waals surface area contributed by atoms with Crippen molar-refractivity contribution in [1.82, 2.24) is 4.98 Å². The van der Waals surface area contributed by atoms with Crippen molar-refractivity contribution >= 4 is 32.5 Å². The van der Waals surface area contributed by atoms with Gasteiger partial charge in [-0.2, -0.15) is 0 Å². The van der Waals surface area contributed by atoms with E-state index < -0.39 is 0 Å². The number of fused-ring (bicyclic) bond motifs is 1. The number of benzene rings is 2. The molecule has 2 aromatic carbocycles. The summed E-state index contributed by atoms with van der Waals surface area (Å²) in [6, 6.07) is 14.6. The monoisotopic (exact) mass is 344 g/mol. The summed E-state index contributed by atoms with van der Waals surface area (Å²) in [5.41, 5.74) is 4.68. The van der Waals surface area contributed by atoms with E-state index in [9.17, 15) is 0 Å². The first-order valence-electron chi connectivity index (χ1n) is 6.85. The minimum atomic E-state index is 0.581. The number of H-pyrrole nitrogens is 1. The average molecular weight is 345 g/mol. The predicted molar refractivity (Wildman–Crippen MR) is 90.5 cm³/mol. The lowest BCUT2D eigenvalue weighted by molar-refractivity contribution is 0.185. The van der Waals surface area contributed by atoms with E-state index in [1.165, 1.54) is 16.5 Å².